The first-order valence-corrected chi connectivity index (χ1v) is 8.44. The highest BCUT2D eigenvalue weighted by Crippen LogP contribution is 2.17. The van der Waals surface area contributed by atoms with Crippen LogP contribution in [0.25, 0.3) is 0 Å². The average Bonchev–Trinajstić information content (AvgIpc) is 2.60. The monoisotopic (exact) mass is 406 g/mol. The summed E-state index contributed by atoms with van der Waals surface area (Å²) in [6.07, 6.45) is -0.765. The number of ether oxygens (including phenoxy) is 2. The lowest BCUT2D eigenvalue weighted by Crippen LogP contribution is -2.48. The molecule has 2 rings (SSSR count). The van der Waals surface area contributed by atoms with Gasteiger partial charge in [0.05, 0.1) is 0 Å². The van der Waals surface area contributed by atoms with Crippen molar-refractivity contribution < 1.29 is 19.1 Å². The van der Waals surface area contributed by atoms with E-state index in [2.05, 4.69) is 26.8 Å². The number of aryl methyl sites for hydroxylation is 1. The number of carbonyl (C=O) groups excluding carboxylic acids is 2. The van der Waals surface area contributed by atoms with Gasteiger partial charge in [0.1, 0.15) is 11.5 Å². The van der Waals surface area contributed by atoms with Crippen molar-refractivity contribution in [2.24, 2.45) is 0 Å². The zero-order valence-corrected chi connectivity index (χ0v) is 15.5. The molecule has 0 aliphatic heterocycles. The average molecular weight is 407 g/mol. The largest absolute Gasteiger partial charge is 0.484 e. The molecule has 0 spiro atoms. The number of nitrogens with one attached hydrogen (secondary N) is 2. The van der Waals surface area contributed by atoms with Crippen LogP contribution in [0.3, 0.4) is 0 Å². The Morgan fingerprint density at radius 1 is 1.08 bits per heavy atom. The Morgan fingerprint density at radius 2 is 1.80 bits per heavy atom. The third kappa shape index (κ3) is 6.46. The molecule has 132 valence electrons. The van der Waals surface area contributed by atoms with E-state index in [4.69, 9.17) is 9.47 Å². The molecule has 1 unspecified atom stereocenters. The first kappa shape index (κ1) is 18.8. The van der Waals surface area contributed by atoms with Crippen molar-refractivity contribution in [2.45, 2.75) is 20.0 Å². The van der Waals surface area contributed by atoms with Gasteiger partial charge in [-0.05, 0) is 55.8 Å². The number of hydrogen-bond acceptors (Lipinski definition) is 4. The normalized spacial score (nSPS) is 11.3. The molecule has 0 saturated carbocycles. The third-order valence-corrected chi connectivity index (χ3v) is 3.71. The molecule has 0 heterocycles. The van der Waals surface area contributed by atoms with Crippen LogP contribution in [-0.2, 0) is 9.59 Å². The predicted octanol–water partition coefficient (Wildman–Crippen LogP) is 2.75. The maximum absolute atomic E-state index is 11.9. The molecule has 7 heteroatoms. The third-order valence-electron chi connectivity index (χ3n) is 3.18. The maximum Gasteiger partial charge on any atom is 0.279 e. The summed E-state index contributed by atoms with van der Waals surface area (Å²) in [6.45, 7) is 3.32. The molecular weight excluding hydrogens is 388 g/mol. The van der Waals surface area contributed by atoms with Crippen LogP contribution in [0.1, 0.15) is 12.5 Å². The van der Waals surface area contributed by atoms with Crippen LogP contribution in [0.5, 0.6) is 11.5 Å². The Kier molecular flexibility index (Phi) is 6.82. The second-order valence-corrected chi connectivity index (χ2v) is 6.27. The lowest BCUT2D eigenvalue weighted by atomic mass is 10.2. The van der Waals surface area contributed by atoms with Crippen molar-refractivity contribution >= 4 is 27.7 Å². The number of hydrogen-bond donors (Lipinski definition) is 2. The standard InChI is InChI=1S/C18H19BrN2O4/c1-12-4-3-5-16(10-12)24-11-17(22)20-21-18(23)13(2)25-15-8-6-14(19)7-9-15/h3-10,13H,11H2,1-2H3,(H,20,22)(H,21,23). The van der Waals surface area contributed by atoms with Crippen molar-refractivity contribution in [1.82, 2.24) is 10.9 Å². The van der Waals surface area contributed by atoms with E-state index in [0.29, 0.717) is 11.5 Å². The fourth-order valence-corrected chi connectivity index (χ4v) is 2.16. The predicted molar refractivity (Wildman–Crippen MR) is 97.2 cm³/mol. The van der Waals surface area contributed by atoms with Gasteiger partial charge < -0.3 is 9.47 Å². The molecule has 0 aromatic heterocycles. The van der Waals surface area contributed by atoms with Crippen LogP contribution in [0, 0.1) is 6.92 Å². The smallest absolute Gasteiger partial charge is 0.279 e. The molecule has 2 amide bonds. The van der Waals surface area contributed by atoms with E-state index in [9.17, 15) is 9.59 Å². The summed E-state index contributed by atoms with van der Waals surface area (Å²) < 4.78 is 11.8. The number of hydrazine groups is 1. The summed E-state index contributed by atoms with van der Waals surface area (Å²) in [5, 5.41) is 0. The van der Waals surface area contributed by atoms with Gasteiger partial charge in [-0.25, -0.2) is 0 Å². The van der Waals surface area contributed by atoms with Gasteiger partial charge in [-0.15, -0.1) is 0 Å². The van der Waals surface area contributed by atoms with Crippen molar-refractivity contribution in [2.75, 3.05) is 6.61 Å². The molecule has 0 saturated heterocycles. The minimum atomic E-state index is -0.765. The summed E-state index contributed by atoms with van der Waals surface area (Å²) >= 11 is 3.32. The molecule has 2 N–H and O–H groups in total. The second-order valence-electron chi connectivity index (χ2n) is 5.36. The molecule has 25 heavy (non-hydrogen) atoms. The zero-order valence-electron chi connectivity index (χ0n) is 13.9. The van der Waals surface area contributed by atoms with Gasteiger partial charge in [-0.2, -0.15) is 0 Å². The Morgan fingerprint density at radius 3 is 2.48 bits per heavy atom. The van der Waals surface area contributed by atoms with Crippen LogP contribution in [-0.4, -0.2) is 24.5 Å². The van der Waals surface area contributed by atoms with Gasteiger partial charge in [0.25, 0.3) is 11.8 Å². The molecule has 0 radical (unpaired) electrons. The fraction of sp³-hybridized carbons (Fsp3) is 0.222. The maximum atomic E-state index is 11.9. The number of amides is 2. The summed E-state index contributed by atoms with van der Waals surface area (Å²) in [5.74, 6) is 0.214. The highest BCUT2D eigenvalue weighted by molar-refractivity contribution is 9.10. The fourth-order valence-electron chi connectivity index (χ4n) is 1.89. The van der Waals surface area contributed by atoms with Gasteiger partial charge >= 0.3 is 0 Å². The van der Waals surface area contributed by atoms with E-state index in [1.807, 2.05) is 37.3 Å². The van der Waals surface area contributed by atoms with Crippen molar-refractivity contribution in [3.63, 3.8) is 0 Å². The minimum Gasteiger partial charge on any atom is -0.484 e. The molecule has 0 aliphatic carbocycles. The number of halogens is 1. The van der Waals surface area contributed by atoms with Crippen molar-refractivity contribution in [3.8, 4) is 11.5 Å². The summed E-state index contributed by atoms with van der Waals surface area (Å²) in [5.41, 5.74) is 5.63. The van der Waals surface area contributed by atoms with E-state index in [0.717, 1.165) is 10.0 Å². The molecule has 0 fully saturated rings. The molecule has 0 aliphatic rings. The molecule has 2 aromatic carbocycles. The number of rotatable bonds is 6. The number of benzene rings is 2. The number of carbonyl (C=O) groups is 2. The van der Waals surface area contributed by atoms with E-state index in [1.165, 1.54) is 0 Å². The van der Waals surface area contributed by atoms with Crippen LogP contribution in [0.15, 0.2) is 53.0 Å². The Labute approximate surface area is 154 Å². The minimum absolute atomic E-state index is 0.203. The molecular formula is C18H19BrN2O4. The first-order chi connectivity index (χ1) is 11.9. The Balaban J connectivity index is 1.72. The van der Waals surface area contributed by atoms with Crippen molar-refractivity contribution in [3.05, 3.63) is 58.6 Å². The lowest BCUT2D eigenvalue weighted by Gasteiger charge is -2.15. The van der Waals surface area contributed by atoms with Crippen LogP contribution in [0.4, 0.5) is 0 Å². The van der Waals surface area contributed by atoms with Gasteiger partial charge in [0, 0.05) is 4.47 Å². The summed E-state index contributed by atoms with van der Waals surface area (Å²) in [6, 6.07) is 14.4. The van der Waals surface area contributed by atoms with E-state index in [1.54, 1.807) is 25.1 Å². The molecule has 2 aromatic rings. The first-order valence-electron chi connectivity index (χ1n) is 7.64. The van der Waals surface area contributed by atoms with E-state index >= 15 is 0 Å². The highest BCUT2D eigenvalue weighted by Gasteiger charge is 2.15. The van der Waals surface area contributed by atoms with E-state index < -0.39 is 17.9 Å². The van der Waals surface area contributed by atoms with Crippen LogP contribution >= 0.6 is 15.9 Å². The van der Waals surface area contributed by atoms with Gasteiger partial charge in [-0.1, -0.05) is 28.1 Å². The van der Waals surface area contributed by atoms with Crippen LogP contribution < -0.4 is 20.3 Å². The molecule has 0 bridgehead atoms. The van der Waals surface area contributed by atoms with E-state index in [-0.39, 0.29) is 6.61 Å². The Bertz CT molecular complexity index is 734. The van der Waals surface area contributed by atoms with Gasteiger partial charge in [0.15, 0.2) is 12.7 Å². The topological polar surface area (TPSA) is 76.7 Å². The van der Waals surface area contributed by atoms with Gasteiger partial charge in [0.2, 0.25) is 0 Å². The second kappa shape index (κ2) is 9.08. The quantitative estimate of drug-likeness (QED) is 0.723. The molecule has 6 nitrogen and oxygen atoms in total. The summed E-state index contributed by atoms with van der Waals surface area (Å²) in [4.78, 5) is 23.7. The van der Waals surface area contributed by atoms with Crippen LogP contribution in [0.2, 0.25) is 0 Å². The summed E-state index contributed by atoms with van der Waals surface area (Å²) in [7, 11) is 0. The SMILES string of the molecule is Cc1cccc(OCC(=O)NNC(=O)C(C)Oc2ccc(Br)cc2)c1. The lowest BCUT2D eigenvalue weighted by molar-refractivity contribution is -0.133. The molecule has 1 atom stereocenters. The van der Waals surface area contributed by atoms with Crippen molar-refractivity contribution in [1.29, 1.82) is 0 Å². The zero-order chi connectivity index (χ0) is 18.2. The Hall–Kier alpha value is -2.54. The highest BCUT2D eigenvalue weighted by atomic mass is 79.9. The van der Waals surface area contributed by atoms with Gasteiger partial charge in [-0.3, -0.25) is 20.4 Å².